The molecule has 0 unspecified atom stereocenters. The third-order valence-electron chi connectivity index (χ3n) is 9.12. The smallest absolute Gasteiger partial charge is 0.334 e. The van der Waals surface area contributed by atoms with E-state index in [1.54, 1.807) is 42.6 Å². The topological polar surface area (TPSA) is 90.5 Å². The Morgan fingerprint density at radius 2 is 1.02 bits per heavy atom. The third kappa shape index (κ3) is 10.2. The van der Waals surface area contributed by atoms with Crippen LogP contribution in [0.5, 0.6) is 0 Å². The number of anilines is 1. The van der Waals surface area contributed by atoms with E-state index in [1.807, 2.05) is 0 Å². The first-order valence-electron chi connectivity index (χ1n) is 16.7. The second-order valence-corrected chi connectivity index (χ2v) is 12.7. The lowest BCUT2D eigenvalue weighted by molar-refractivity contribution is -0.138. The van der Waals surface area contributed by atoms with Crippen LogP contribution in [0, 0.1) is 0 Å². The van der Waals surface area contributed by atoms with Crippen LogP contribution >= 0.6 is 0 Å². The fourth-order valence-electron chi connectivity index (χ4n) is 5.94. The van der Waals surface area contributed by atoms with Gasteiger partial charge in [0.15, 0.2) is 11.3 Å². The molecule has 4 amide bonds. The number of urea groups is 2. The lowest BCUT2D eigenvalue weighted by atomic mass is 9.90. The average Bonchev–Trinajstić information content (AvgIpc) is 3.15. The number of nitrogens with zero attached hydrogens (tertiary/aromatic N) is 4. The maximum atomic E-state index is 15.0. The molecule has 0 radical (unpaired) electrons. The average molecular weight is 749 g/mol. The number of hydrogen-bond donors (Lipinski definition) is 2. The Balaban J connectivity index is 0.000000204. The Labute approximate surface area is 300 Å². The lowest BCUT2D eigenvalue weighted by Gasteiger charge is -2.36. The molecular formula is C37H36F8N6O2. The zero-order chi connectivity index (χ0) is 38.3. The van der Waals surface area contributed by atoms with Gasteiger partial charge in [0, 0.05) is 76.5 Å². The molecule has 4 aromatic rings. The highest BCUT2D eigenvalue weighted by molar-refractivity contribution is 5.89. The van der Waals surface area contributed by atoms with Crippen LogP contribution in [0.4, 0.5) is 50.4 Å². The largest absolute Gasteiger partial charge is 0.416 e. The SMILES string of the molecule is O=C(NCc1ccc(C(F)(F)F)cc1)N1CCC(F)(c2ccccn2)CC1.O=C(Nc1ccc(C(F)(F)F)cc1)N1CCC(F)(c2ccccn2)CC1. The van der Waals surface area contributed by atoms with E-state index < -0.39 is 40.8 Å². The minimum absolute atomic E-state index is 0.106. The Kier molecular flexibility index (Phi) is 11.9. The van der Waals surface area contributed by atoms with Gasteiger partial charge in [0.1, 0.15) is 0 Å². The molecule has 2 aromatic carbocycles. The zero-order valence-electron chi connectivity index (χ0n) is 28.2. The van der Waals surface area contributed by atoms with Crippen LogP contribution in [0.25, 0.3) is 0 Å². The van der Waals surface area contributed by atoms with Crippen molar-refractivity contribution in [2.75, 3.05) is 31.5 Å². The van der Waals surface area contributed by atoms with Crippen molar-refractivity contribution < 1.29 is 44.7 Å². The number of carbonyl (C=O) groups excluding carboxylic acids is 2. The van der Waals surface area contributed by atoms with Crippen molar-refractivity contribution in [3.63, 3.8) is 0 Å². The summed E-state index contributed by atoms with van der Waals surface area (Å²) in [4.78, 5) is 35.6. The summed E-state index contributed by atoms with van der Waals surface area (Å²) in [5.41, 5.74) is -3.12. The standard InChI is InChI=1S/C19H19F4N3O.C18H17F4N3O/c20-18(16-3-1-2-10-24-16)8-11-26(12-9-18)17(27)25-13-14-4-6-15(7-5-14)19(21,22)23;19-17(15-3-1-2-10-23-15)8-11-25(12-9-17)16(26)24-14-6-4-13(5-7-14)18(20,21)22/h1-7,10H,8-9,11-13H2,(H,25,27);1-7,10H,8-9,11-12H2,(H,24,26). The van der Waals surface area contributed by atoms with E-state index in [2.05, 4.69) is 20.6 Å². The van der Waals surface area contributed by atoms with Crippen LogP contribution in [-0.2, 0) is 30.2 Å². The molecule has 2 fully saturated rings. The highest BCUT2D eigenvalue weighted by Crippen LogP contribution is 2.37. The normalized spacial score (nSPS) is 16.9. The van der Waals surface area contributed by atoms with Crippen molar-refractivity contribution in [1.29, 1.82) is 0 Å². The van der Waals surface area contributed by atoms with Crippen LogP contribution < -0.4 is 10.6 Å². The van der Waals surface area contributed by atoms with Gasteiger partial charge in [0.2, 0.25) is 0 Å². The van der Waals surface area contributed by atoms with Gasteiger partial charge in [-0.1, -0.05) is 24.3 Å². The van der Waals surface area contributed by atoms with Crippen LogP contribution in [0.1, 0.15) is 53.8 Å². The monoisotopic (exact) mass is 748 g/mol. The van der Waals surface area contributed by atoms with E-state index in [-0.39, 0.29) is 70.1 Å². The van der Waals surface area contributed by atoms with E-state index in [4.69, 9.17) is 0 Å². The quantitative estimate of drug-likeness (QED) is 0.200. The number of carbonyl (C=O) groups is 2. The summed E-state index contributed by atoms with van der Waals surface area (Å²) in [6.45, 7) is 0.978. The number of likely N-dealkylation sites (tertiary alicyclic amines) is 2. The summed E-state index contributed by atoms with van der Waals surface area (Å²) in [6, 6.07) is 18.1. The van der Waals surface area contributed by atoms with Crippen molar-refractivity contribution in [2.45, 2.75) is 55.9 Å². The van der Waals surface area contributed by atoms with Crippen LogP contribution in [0.2, 0.25) is 0 Å². The number of nitrogens with one attached hydrogen (secondary N) is 2. The van der Waals surface area contributed by atoms with Gasteiger partial charge in [-0.25, -0.2) is 18.4 Å². The number of aromatic nitrogens is 2. The van der Waals surface area contributed by atoms with Gasteiger partial charge >= 0.3 is 24.4 Å². The number of pyridine rings is 2. The van der Waals surface area contributed by atoms with E-state index in [0.717, 1.165) is 24.3 Å². The summed E-state index contributed by atoms with van der Waals surface area (Å²) in [5.74, 6) is 0. The van der Waals surface area contributed by atoms with E-state index in [1.165, 1.54) is 40.3 Å². The number of halogens is 8. The molecule has 0 saturated carbocycles. The maximum absolute atomic E-state index is 15.0. The number of rotatable bonds is 5. The molecule has 2 aliphatic heterocycles. The van der Waals surface area contributed by atoms with Crippen molar-refractivity contribution in [3.8, 4) is 0 Å². The molecule has 53 heavy (non-hydrogen) atoms. The summed E-state index contributed by atoms with van der Waals surface area (Å²) in [7, 11) is 0. The second-order valence-electron chi connectivity index (χ2n) is 12.7. The first kappa shape index (κ1) is 38.9. The minimum Gasteiger partial charge on any atom is -0.334 e. The molecule has 6 rings (SSSR count). The molecule has 4 heterocycles. The Bertz CT molecular complexity index is 1790. The molecule has 0 aliphatic carbocycles. The highest BCUT2D eigenvalue weighted by Gasteiger charge is 2.40. The number of hydrogen-bond acceptors (Lipinski definition) is 4. The minimum atomic E-state index is -4.43. The van der Waals surface area contributed by atoms with Crippen LogP contribution in [-0.4, -0.2) is 58.0 Å². The summed E-state index contributed by atoms with van der Waals surface area (Å²) in [6.07, 6.45) is -5.21. The Morgan fingerprint density at radius 3 is 1.42 bits per heavy atom. The van der Waals surface area contributed by atoms with E-state index in [0.29, 0.717) is 17.0 Å². The van der Waals surface area contributed by atoms with Crippen molar-refractivity contribution in [1.82, 2.24) is 25.1 Å². The molecule has 2 N–H and O–H groups in total. The molecule has 282 valence electrons. The predicted molar refractivity (Wildman–Crippen MR) is 180 cm³/mol. The van der Waals surface area contributed by atoms with Gasteiger partial charge in [-0.05, 0) is 66.2 Å². The molecule has 2 aliphatic rings. The van der Waals surface area contributed by atoms with Crippen molar-refractivity contribution >= 4 is 17.7 Å². The molecular weight excluding hydrogens is 712 g/mol. The molecule has 16 heteroatoms. The third-order valence-corrected chi connectivity index (χ3v) is 9.12. The van der Waals surface area contributed by atoms with Gasteiger partial charge in [-0.3, -0.25) is 9.97 Å². The first-order chi connectivity index (χ1) is 25.1. The van der Waals surface area contributed by atoms with Gasteiger partial charge in [-0.15, -0.1) is 0 Å². The first-order valence-corrected chi connectivity index (χ1v) is 16.7. The van der Waals surface area contributed by atoms with Gasteiger partial charge in [0.25, 0.3) is 0 Å². The zero-order valence-corrected chi connectivity index (χ0v) is 28.2. The van der Waals surface area contributed by atoms with E-state index >= 15 is 4.39 Å². The number of benzene rings is 2. The Morgan fingerprint density at radius 1 is 0.604 bits per heavy atom. The number of alkyl halides is 8. The highest BCUT2D eigenvalue weighted by atomic mass is 19.4. The molecule has 2 saturated heterocycles. The molecule has 0 bridgehead atoms. The summed E-state index contributed by atoms with van der Waals surface area (Å²) in [5, 5.41) is 5.20. The Hall–Kier alpha value is -5.28. The summed E-state index contributed by atoms with van der Waals surface area (Å²) >= 11 is 0. The molecule has 8 nitrogen and oxygen atoms in total. The molecule has 0 spiro atoms. The van der Waals surface area contributed by atoms with Crippen LogP contribution in [0.3, 0.4) is 0 Å². The molecule has 0 atom stereocenters. The lowest BCUT2D eigenvalue weighted by Crippen LogP contribution is -2.47. The summed E-state index contributed by atoms with van der Waals surface area (Å²) < 4.78 is 105. The van der Waals surface area contributed by atoms with Gasteiger partial charge in [0.05, 0.1) is 22.5 Å². The fourth-order valence-corrected chi connectivity index (χ4v) is 5.94. The van der Waals surface area contributed by atoms with Gasteiger partial charge in [-0.2, -0.15) is 26.3 Å². The number of piperidine rings is 2. The molecule has 2 aromatic heterocycles. The predicted octanol–water partition coefficient (Wildman–Crippen LogP) is 8.86. The van der Waals surface area contributed by atoms with Crippen LogP contribution in [0.15, 0.2) is 97.3 Å². The van der Waals surface area contributed by atoms with Gasteiger partial charge < -0.3 is 20.4 Å². The van der Waals surface area contributed by atoms with E-state index in [9.17, 15) is 40.3 Å². The maximum Gasteiger partial charge on any atom is 0.416 e. The van der Waals surface area contributed by atoms with Crippen molar-refractivity contribution in [3.05, 3.63) is 125 Å². The fraction of sp³-hybridized carbons (Fsp3) is 0.351. The number of amides is 4. The second kappa shape index (κ2) is 16.2. The van der Waals surface area contributed by atoms with Crippen molar-refractivity contribution in [2.24, 2.45) is 0 Å².